The molecule has 0 atom stereocenters. The van der Waals surface area contributed by atoms with E-state index in [9.17, 15) is 16.8 Å². The SMILES string of the molecule is CS(=O)(=O)N1CCc2cc(-c3csc(-c4ccc(S(N)(=O)=O)cc4)n3)ccc21. The van der Waals surface area contributed by atoms with Crippen LogP contribution in [0.15, 0.2) is 52.7 Å². The van der Waals surface area contributed by atoms with Crippen molar-refractivity contribution >= 4 is 37.1 Å². The van der Waals surface area contributed by atoms with E-state index in [1.165, 1.54) is 34.0 Å². The largest absolute Gasteiger partial charge is 0.270 e. The molecule has 0 saturated heterocycles. The van der Waals surface area contributed by atoms with Crippen molar-refractivity contribution in [3.05, 3.63) is 53.4 Å². The zero-order valence-corrected chi connectivity index (χ0v) is 17.3. The van der Waals surface area contributed by atoms with E-state index in [0.29, 0.717) is 13.0 Å². The molecule has 0 radical (unpaired) electrons. The normalized spacial score (nSPS) is 14.3. The molecule has 0 saturated carbocycles. The Morgan fingerprint density at radius 1 is 1.04 bits per heavy atom. The van der Waals surface area contributed by atoms with Crippen LogP contribution < -0.4 is 9.44 Å². The van der Waals surface area contributed by atoms with E-state index in [4.69, 9.17) is 5.14 Å². The second-order valence-corrected chi connectivity index (χ2v) is 10.9. The van der Waals surface area contributed by atoms with Gasteiger partial charge in [-0.25, -0.2) is 27.0 Å². The van der Waals surface area contributed by atoms with Crippen LogP contribution in [0.4, 0.5) is 5.69 Å². The third kappa shape index (κ3) is 3.55. The summed E-state index contributed by atoms with van der Waals surface area (Å²) in [6, 6.07) is 11.9. The standard InChI is InChI=1S/C18H17N3O4S3/c1-27(22,23)21-9-8-14-10-13(4-7-17(14)21)16-11-26-18(20-16)12-2-5-15(6-3-12)28(19,24)25/h2-7,10-11H,8-9H2,1H3,(H2,19,24,25). The summed E-state index contributed by atoms with van der Waals surface area (Å²) >= 11 is 1.45. The fourth-order valence-electron chi connectivity index (χ4n) is 3.20. The Morgan fingerprint density at radius 3 is 2.36 bits per heavy atom. The van der Waals surface area contributed by atoms with Crippen LogP contribution >= 0.6 is 11.3 Å². The maximum Gasteiger partial charge on any atom is 0.238 e. The number of thiazole rings is 1. The molecule has 10 heteroatoms. The van der Waals surface area contributed by atoms with Gasteiger partial charge in [0, 0.05) is 23.1 Å². The quantitative estimate of drug-likeness (QED) is 0.677. The lowest BCUT2D eigenvalue weighted by molar-refractivity contribution is 0.596. The van der Waals surface area contributed by atoms with Crippen LogP contribution in [-0.4, -0.2) is 34.6 Å². The summed E-state index contributed by atoms with van der Waals surface area (Å²) in [5, 5.41) is 7.81. The molecule has 1 aromatic heterocycles. The van der Waals surface area contributed by atoms with E-state index < -0.39 is 20.0 Å². The van der Waals surface area contributed by atoms with E-state index >= 15 is 0 Å². The average molecular weight is 436 g/mol. The van der Waals surface area contributed by atoms with Gasteiger partial charge in [-0.05, 0) is 36.2 Å². The number of hydrogen-bond donors (Lipinski definition) is 1. The molecule has 0 spiro atoms. The van der Waals surface area contributed by atoms with Gasteiger partial charge in [-0.1, -0.05) is 18.2 Å². The lowest BCUT2D eigenvalue weighted by Crippen LogP contribution is -2.27. The minimum Gasteiger partial charge on any atom is -0.270 e. The van der Waals surface area contributed by atoms with Gasteiger partial charge in [-0.3, -0.25) is 4.31 Å². The summed E-state index contributed by atoms with van der Waals surface area (Å²) < 4.78 is 47.9. The summed E-state index contributed by atoms with van der Waals surface area (Å²) in [5.74, 6) is 0. The number of hydrogen-bond acceptors (Lipinski definition) is 6. The molecule has 0 bridgehead atoms. The van der Waals surface area contributed by atoms with Gasteiger partial charge in [0.25, 0.3) is 0 Å². The number of nitrogens with two attached hydrogens (primary N) is 1. The van der Waals surface area contributed by atoms with Crippen molar-refractivity contribution in [2.45, 2.75) is 11.3 Å². The number of fused-ring (bicyclic) bond motifs is 1. The molecule has 0 amide bonds. The molecule has 28 heavy (non-hydrogen) atoms. The number of sulfonamides is 2. The highest BCUT2D eigenvalue weighted by Crippen LogP contribution is 2.35. The second-order valence-electron chi connectivity index (χ2n) is 6.54. The van der Waals surface area contributed by atoms with E-state index in [0.717, 1.165) is 33.1 Å². The second kappa shape index (κ2) is 6.66. The van der Waals surface area contributed by atoms with Crippen molar-refractivity contribution in [1.29, 1.82) is 0 Å². The van der Waals surface area contributed by atoms with Gasteiger partial charge < -0.3 is 0 Å². The van der Waals surface area contributed by atoms with Gasteiger partial charge in [-0.2, -0.15) is 0 Å². The summed E-state index contributed by atoms with van der Waals surface area (Å²) in [4.78, 5) is 4.70. The minimum absolute atomic E-state index is 0.0575. The predicted octanol–water partition coefficient (Wildman–Crippen LogP) is 2.45. The lowest BCUT2D eigenvalue weighted by atomic mass is 10.1. The van der Waals surface area contributed by atoms with Crippen molar-refractivity contribution in [2.75, 3.05) is 17.1 Å². The van der Waals surface area contributed by atoms with Crippen LogP contribution in [0.5, 0.6) is 0 Å². The topological polar surface area (TPSA) is 110 Å². The van der Waals surface area contributed by atoms with Crippen molar-refractivity contribution in [3.8, 4) is 21.8 Å². The first kappa shape index (κ1) is 19.1. The van der Waals surface area contributed by atoms with E-state index in [2.05, 4.69) is 4.98 Å². The molecule has 2 N–H and O–H groups in total. The van der Waals surface area contributed by atoms with E-state index in [-0.39, 0.29) is 4.90 Å². The molecular weight excluding hydrogens is 418 g/mol. The van der Waals surface area contributed by atoms with Crippen LogP contribution in [0.2, 0.25) is 0 Å². The molecule has 2 aromatic carbocycles. The van der Waals surface area contributed by atoms with Gasteiger partial charge in [-0.15, -0.1) is 11.3 Å². The Bertz CT molecular complexity index is 1260. The van der Waals surface area contributed by atoms with Crippen LogP contribution in [0.3, 0.4) is 0 Å². The molecule has 2 heterocycles. The van der Waals surface area contributed by atoms with Crippen LogP contribution in [0.25, 0.3) is 21.8 Å². The Morgan fingerprint density at radius 2 is 1.71 bits per heavy atom. The summed E-state index contributed by atoms with van der Waals surface area (Å²) in [6.07, 6.45) is 1.88. The maximum absolute atomic E-state index is 11.9. The first-order chi connectivity index (χ1) is 13.1. The van der Waals surface area contributed by atoms with Gasteiger partial charge in [0.1, 0.15) is 5.01 Å². The van der Waals surface area contributed by atoms with Crippen LogP contribution in [0, 0.1) is 0 Å². The Labute approximate surface area is 167 Å². The molecule has 1 aliphatic rings. The van der Waals surface area contributed by atoms with Gasteiger partial charge in [0.05, 0.1) is 22.5 Å². The Kier molecular flexibility index (Phi) is 4.53. The molecule has 3 aromatic rings. The number of benzene rings is 2. The fourth-order valence-corrected chi connectivity index (χ4v) is 5.51. The summed E-state index contributed by atoms with van der Waals surface area (Å²) in [7, 11) is -7.00. The summed E-state index contributed by atoms with van der Waals surface area (Å²) in [6.45, 7) is 0.455. The molecule has 1 aliphatic heterocycles. The molecule has 0 fully saturated rings. The molecule has 4 rings (SSSR count). The summed E-state index contributed by atoms with van der Waals surface area (Å²) in [5.41, 5.74) is 4.21. The van der Waals surface area contributed by atoms with E-state index in [1.54, 1.807) is 12.1 Å². The van der Waals surface area contributed by atoms with E-state index in [1.807, 2.05) is 23.6 Å². The monoisotopic (exact) mass is 435 g/mol. The highest BCUT2D eigenvalue weighted by molar-refractivity contribution is 7.92. The highest BCUT2D eigenvalue weighted by Gasteiger charge is 2.26. The molecule has 7 nitrogen and oxygen atoms in total. The Balaban J connectivity index is 1.64. The molecular formula is C18H17N3O4S3. The number of aromatic nitrogens is 1. The van der Waals surface area contributed by atoms with Crippen molar-refractivity contribution in [2.24, 2.45) is 5.14 Å². The van der Waals surface area contributed by atoms with Gasteiger partial charge in [0.2, 0.25) is 20.0 Å². The van der Waals surface area contributed by atoms with Crippen molar-refractivity contribution in [3.63, 3.8) is 0 Å². The zero-order chi connectivity index (χ0) is 20.1. The zero-order valence-electron chi connectivity index (χ0n) is 14.9. The number of primary sulfonamides is 1. The van der Waals surface area contributed by atoms with Crippen LogP contribution in [0.1, 0.15) is 5.56 Å². The number of nitrogens with zero attached hydrogens (tertiary/aromatic N) is 2. The fraction of sp³-hybridized carbons (Fsp3) is 0.167. The molecule has 146 valence electrons. The van der Waals surface area contributed by atoms with Crippen LogP contribution in [-0.2, 0) is 26.5 Å². The lowest BCUT2D eigenvalue weighted by Gasteiger charge is -2.16. The first-order valence-electron chi connectivity index (χ1n) is 8.33. The third-order valence-corrected chi connectivity index (χ3v) is 7.56. The molecule has 0 aliphatic carbocycles. The third-order valence-electron chi connectivity index (χ3n) is 4.56. The average Bonchev–Trinajstić information content (AvgIpc) is 3.27. The number of anilines is 1. The minimum atomic E-state index is -3.72. The van der Waals surface area contributed by atoms with Gasteiger partial charge in [0.15, 0.2) is 0 Å². The predicted molar refractivity (Wildman–Crippen MR) is 110 cm³/mol. The number of rotatable bonds is 4. The first-order valence-corrected chi connectivity index (χ1v) is 12.6. The molecule has 0 unspecified atom stereocenters. The van der Waals surface area contributed by atoms with Crippen molar-refractivity contribution < 1.29 is 16.8 Å². The highest BCUT2D eigenvalue weighted by atomic mass is 32.2. The van der Waals surface area contributed by atoms with Gasteiger partial charge >= 0.3 is 0 Å². The maximum atomic E-state index is 11.9. The van der Waals surface area contributed by atoms with Crippen molar-refractivity contribution in [1.82, 2.24) is 4.98 Å². The Hall–Kier alpha value is -2.27. The smallest absolute Gasteiger partial charge is 0.238 e.